The number of carbonyl (C=O) groups is 3. The van der Waals surface area contributed by atoms with E-state index >= 15 is 0 Å². The molecule has 2 N–H and O–H groups in total. The number of aliphatic carboxylic acids is 2. The summed E-state index contributed by atoms with van der Waals surface area (Å²) in [4.78, 5) is 35.8. The van der Waals surface area contributed by atoms with E-state index < -0.39 is 36.0 Å². The average Bonchev–Trinajstić information content (AvgIpc) is 2.33. The van der Waals surface area contributed by atoms with Crippen molar-refractivity contribution in [1.82, 2.24) is 4.90 Å². The fourth-order valence-corrected chi connectivity index (χ4v) is 2.86. The first-order chi connectivity index (χ1) is 10.0. The summed E-state index contributed by atoms with van der Waals surface area (Å²) in [6.07, 6.45) is -0.343. The van der Waals surface area contributed by atoms with Crippen molar-refractivity contribution in [2.24, 2.45) is 17.8 Å². The molecular formula is C15H25NO6. The summed E-state index contributed by atoms with van der Waals surface area (Å²) in [7, 11) is 0. The molecule has 7 nitrogen and oxygen atoms in total. The number of hydrogen-bond acceptors (Lipinski definition) is 4. The molecule has 1 aliphatic rings. The molecule has 0 aromatic carbocycles. The summed E-state index contributed by atoms with van der Waals surface area (Å²) in [5, 5.41) is 18.1. The van der Waals surface area contributed by atoms with Gasteiger partial charge in [0.25, 0.3) is 0 Å². The molecule has 1 aliphatic heterocycles. The third-order valence-corrected chi connectivity index (χ3v) is 3.85. The van der Waals surface area contributed by atoms with Crippen LogP contribution in [0.4, 0.5) is 4.79 Å². The molecule has 0 bridgehead atoms. The molecule has 3 unspecified atom stereocenters. The second kappa shape index (κ2) is 6.98. The van der Waals surface area contributed by atoms with Gasteiger partial charge in [-0.25, -0.2) is 4.79 Å². The van der Waals surface area contributed by atoms with Gasteiger partial charge in [0, 0.05) is 13.1 Å². The van der Waals surface area contributed by atoms with Gasteiger partial charge in [-0.3, -0.25) is 9.59 Å². The van der Waals surface area contributed by atoms with E-state index in [4.69, 9.17) is 9.84 Å². The Morgan fingerprint density at radius 2 is 1.86 bits per heavy atom. The largest absolute Gasteiger partial charge is 0.481 e. The molecule has 7 heteroatoms. The van der Waals surface area contributed by atoms with E-state index in [0.29, 0.717) is 19.5 Å². The zero-order chi connectivity index (χ0) is 17.1. The maximum Gasteiger partial charge on any atom is 0.410 e. The van der Waals surface area contributed by atoms with Crippen molar-refractivity contribution >= 4 is 18.0 Å². The predicted octanol–water partition coefficient (Wildman–Crippen LogP) is 2.05. The van der Waals surface area contributed by atoms with E-state index in [-0.39, 0.29) is 11.8 Å². The molecule has 1 amide bonds. The number of ether oxygens (including phenoxy) is 1. The molecule has 1 heterocycles. The molecule has 0 aromatic rings. The molecule has 22 heavy (non-hydrogen) atoms. The minimum Gasteiger partial charge on any atom is -0.481 e. The summed E-state index contributed by atoms with van der Waals surface area (Å²) in [6.45, 7) is 7.96. The van der Waals surface area contributed by atoms with Gasteiger partial charge in [0.05, 0.1) is 12.3 Å². The third-order valence-electron chi connectivity index (χ3n) is 3.85. The highest BCUT2D eigenvalue weighted by molar-refractivity contribution is 5.78. The summed E-state index contributed by atoms with van der Waals surface area (Å²) in [5.74, 6) is -3.48. The van der Waals surface area contributed by atoms with Gasteiger partial charge in [-0.2, -0.15) is 0 Å². The van der Waals surface area contributed by atoms with E-state index in [1.54, 1.807) is 25.7 Å². The number of likely N-dealkylation sites (tertiary alicyclic amines) is 1. The van der Waals surface area contributed by atoms with Crippen LogP contribution in [0.15, 0.2) is 0 Å². The lowest BCUT2D eigenvalue weighted by atomic mass is 9.76. The first kappa shape index (κ1) is 18.3. The normalized spacial score (nSPS) is 23.7. The van der Waals surface area contributed by atoms with Crippen LogP contribution in [0, 0.1) is 17.8 Å². The van der Waals surface area contributed by atoms with E-state index in [0.717, 1.165) is 0 Å². The van der Waals surface area contributed by atoms with E-state index in [1.165, 1.54) is 0 Å². The van der Waals surface area contributed by atoms with Crippen LogP contribution in [-0.2, 0) is 14.3 Å². The Morgan fingerprint density at radius 3 is 2.27 bits per heavy atom. The summed E-state index contributed by atoms with van der Waals surface area (Å²) < 4.78 is 5.31. The van der Waals surface area contributed by atoms with Crippen molar-refractivity contribution in [3.05, 3.63) is 0 Å². The SMILES string of the molecule is CC1CN(C(=O)OC(C)(C)C)CCC1C(CC(=O)O)C(=O)O. The van der Waals surface area contributed by atoms with Crippen LogP contribution in [0.25, 0.3) is 0 Å². The maximum absolute atomic E-state index is 12.0. The summed E-state index contributed by atoms with van der Waals surface area (Å²) in [5.41, 5.74) is -0.579. The van der Waals surface area contributed by atoms with Gasteiger partial charge in [-0.1, -0.05) is 6.92 Å². The topological polar surface area (TPSA) is 104 Å². The van der Waals surface area contributed by atoms with Crippen LogP contribution >= 0.6 is 0 Å². The number of nitrogens with zero attached hydrogens (tertiary/aromatic N) is 1. The van der Waals surface area contributed by atoms with Crippen LogP contribution in [-0.4, -0.2) is 51.8 Å². The molecule has 0 aliphatic carbocycles. The zero-order valence-electron chi connectivity index (χ0n) is 13.5. The highest BCUT2D eigenvalue weighted by Gasteiger charge is 2.39. The molecule has 0 saturated carbocycles. The standard InChI is InChI=1S/C15H25NO6/c1-9-8-16(14(21)22-15(2,3)4)6-5-10(9)11(13(19)20)7-12(17)18/h9-11H,5-8H2,1-4H3,(H,17,18)(H,19,20). The molecule has 1 rings (SSSR count). The maximum atomic E-state index is 12.0. The Hall–Kier alpha value is -1.79. The Morgan fingerprint density at radius 1 is 1.27 bits per heavy atom. The van der Waals surface area contributed by atoms with Crippen LogP contribution in [0.3, 0.4) is 0 Å². The van der Waals surface area contributed by atoms with Crippen LogP contribution in [0.1, 0.15) is 40.5 Å². The fourth-order valence-electron chi connectivity index (χ4n) is 2.86. The van der Waals surface area contributed by atoms with Crippen LogP contribution in [0.2, 0.25) is 0 Å². The predicted molar refractivity (Wildman–Crippen MR) is 78.5 cm³/mol. The van der Waals surface area contributed by atoms with Crippen molar-refractivity contribution in [1.29, 1.82) is 0 Å². The number of rotatable bonds is 4. The molecule has 126 valence electrons. The number of carboxylic acid groups (broad SMARTS) is 2. The molecular weight excluding hydrogens is 290 g/mol. The lowest BCUT2D eigenvalue weighted by Gasteiger charge is -2.39. The smallest absolute Gasteiger partial charge is 0.410 e. The second-order valence-electron chi connectivity index (χ2n) is 6.90. The Labute approximate surface area is 130 Å². The summed E-state index contributed by atoms with van der Waals surface area (Å²) in [6, 6.07) is 0. The van der Waals surface area contributed by atoms with Gasteiger partial charge >= 0.3 is 18.0 Å². The van der Waals surface area contributed by atoms with E-state index in [9.17, 15) is 19.5 Å². The molecule has 0 spiro atoms. The van der Waals surface area contributed by atoms with Gasteiger partial charge in [-0.05, 0) is 39.0 Å². The van der Waals surface area contributed by atoms with Crippen molar-refractivity contribution < 1.29 is 29.3 Å². The second-order valence-corrected chi connectivity index (χ2v) is 6.90. The number of carbonyl (C=O) groups excluding carboxylic acids is 1. The van der Waals surface area contributed by atoms with E-state index in [1.807, 2.05) is 6.92 Å². The van der Waals surface area contributed by atoms with Crippen LogP contribution < -0.4 is 0 Å². The van der Waals surface area contributed by atoms with Gasteiger partial charge in [0.15, 0.2) is 0 Å². The Balaban J connectivity index is 2.70. The van der Waals surface area contributed by atoms with Crippen molar-refractivity contribution in [2.75, 3.05) is 13.1 Å². The fraction of sp³-hybridized carbons (Fsp3) is 0.800. The molecule has 1 saturated heterocycles. The van der Waals surface area contributed by atoms with Gasteiger partial charge in [0.1, 0.15) is 5.60 Å². The van der Waals surface area contributed by atoms with E-state index in [2.05, 4.69) is 0 Å². The first-order valence-electron chi connectivity index (χ1n) is 7.43. The number of carboxylic acids is 2. The Kier molecular flexibility index (Phi) is 5.79. The van der Waals surface area contributed by atoms with Gasteiger partial charge < -0.3 is 19.8 Å². The zero-order valence-corrected chi connectivity index (χ0v) is 13.5. The minimum absolute atomic E-state index is 0.0956. The highest BCUT2D eigenvalue weighted by Crippen LogP contribution is 2.32. The number of amides is 1. The number of hydrogen-bond donors (Lipinski definition) is 2. The van der Waals surface area contributed by atoms with Gasteiger partial charge in [0.2, 0.25) is 0 Å². The van der Waals surface area contributed by atoms with Crippen molar-refractivity contribution in [3.63, 3.8) is 0 Å². The van der Waals surface area contributed by atoms with Crippen LogP contribution in [0.5, 0.6) is 0 Å². The lowest BCUT2D eigenvalue weighted by molar-refractivity contribution is -0.151. The van der Waals surface area contributed by atoms with Crippen molar-refractivity contribution in [3.8, 4) is 0 Å². The lowest BCUT2D eigenvalue weighted by Crippen LogP contribution is -2.47. The molecule has 1 fully saturated rings. The quantitative estimate of drug-likeness (QED) is 0.823. The highest BCUT2D eigenvalue weighted by atomic mass is 16.6. The molecule has 0 aromatic heterocycles. The molecule has 3 atom stereocenters. The molecule has 0 radical (unpaired) electrons. The number of piperidine rings is 1. The Bertz CT molecular complexity index is 442. The first-order valence-corrected chi connectivity index (χ1v) is 7.43. The van der Waals surface area contributed by atoms with Gasteiger partial charge in [-0.15, -0.1) is 0 Å². The third kappa shape index (κ3) is 5.20. The monoisotopic (exact) mass is 315 g/mol. The minimum atomic E-state index is -1.12. The average molecular weight is 315 g/mol. The summed E-state index contributed by atoms with van der Waals surface area (Å²) >= 11 is 0. The van der Waals surface area contributed by atoms with Crippen molar-refractivity contribution in [2.45, 2.75) is 46.1 Å².